The molecule has 2 rings (SSSR count). The maximum atomic E-state index is 5.36. The van der Waals surface area contributed by atoms with Gasteiger partial charge in [0.2, 0.25) is 0 Å². The lowest BCUT2D eigenvalue weighted by atomic mass is 9.97. The standard InChI is InChI=1S/C20H34N4O2.HI/c1-15(2)24-10-6-7-17(14-24)13-23-20(21-3)22-12-16-8-9-18(25-4)19(11-16)26-5;/h8-9,11,15,17H,6-7,10,12-14H2,1-5H3,(H2,21,22,23);1H. The summed E-state index contributed by atoms with van der Waals surface area (Å²) in [7, 11) is 5.11. The molecule has 6 nitrogen and oxygen atoms in total. The molecule has 1 aliphatic heterocycles. The van der Waals surface area contributed by atoms with Gasteiger partial charge in [-0.05, 0) is 56.8 Å². The molecular formula is C20H35IN4O2. The summed E-state index contributed by atoms with van der Waals surface area (Å²) >= 11 is 0. The quantitative estimate of drug-likeness (QED) is 0.350. The van der Waals surface area contributed by atoms with Gasteiger partial charge in [0.25, 0.3) is 0 Å². The van der Waals surface area contributed by atoms with Gasteiger partial charge < -0.3 is 25.0 Å². The van der Waals surface area contributed by atoms with E-state index in [1.165, 1.54) is 19.4 Å². The van der Waals surface area contributed by atoms with Crippen LogP contribution in [0.1, 0.15) is 32.3 Å². The van der Waals surface area contributed by atoms with E-state index in [9.17, 15) is 0 Å². The summed E-state index contributed by atoms with van der Waals surface area (Å²) in [4.78, 5) is 6.91. The number of halogens is 1. The average Bonchev–Trinajstić information content (AvgIpc) is 2.68. The van der Waals surface area contributed by atoms with Gasteiger partial charge >= 0.3 is 0 Å². The number of benzene rings is 1. The molecule has 1 aromatic carbocycles. The molecule has 1 saturated heterocycles. The molecule has 1 aromatic rings. The highest BCUT2D eigenvalue weighted by Crippen LogP contribution is 2.27. The molecule has 154 valence electrons. The molecule has 1 atom stereocenters. The highest BCUT2D eigenvalue weighted by molar-refractivity contribution is 14.0. The number of hydrogen-bond donors (Lipinski definition) is 2. The van der Waals surface area contributed by atoms with E-state index < -0.39 is 0 Å². The monoisotopic (exact) mass is 490 g/mol. The first-order chi connectivity index (χ1) is 12.6. The molecule has 0 amide bonds. The van der Waals surface area contributed by atoms with E-state index >= 15 is 0 Å². The first-order valence-corrected chi connectivity index (χ1v) is 9.46. The van der Waals surface area contributed by atoms with Gasteiger partial charge in [-0.3, -0.25) is 4.99 Å². The Kier molecular flexibility index (Phi) is 10.8. The summed E-state index contributed by atoms with van der Waals surface area (Å²) < 4.78 is 10.6. The largest absolute Gasteiger partial charge is 0.493 e. The van der Waals surface area contributed by atoms with E-state index in [4.69, 9.17) is 9.47 Å². The summed E-state index contributed by atoms with van der Waals surface area (Å²) in [5.41, 5.74) is 1.12. The van der Waals surface area contributed by atoms with E-state index in [1.54, 1.807) is 14.2 Å². The normalized spacial score (nSPS) is 18.0. The molecule has 1 aliphatic rings. The van der Waals surface area contributed by atoms with Crippen LogP contribution in [-0.2, 0) is 6.54 Å². The van der Waals surface area contributed by atoms with Crippen molar-refractivity contribution in [1.29, 1.82) is 0 Å². The number of aliphatic imine (C=N–C) groups is 1. The number of nitrogens with one attached hydrogen (secondary N) is 2. The van der Waals surface area contributed by atoms with Gasteiger partial charge in [0.15, 0.2) is 17.5 Å². The minimum atomic E-state index is 0. The molecule has 0 radical (unpaired) electrons. The molecule has 0 saturated carbocycles. The zero-order chi connectivity index (χ0) is 18.9. The van der Waals surface area contributed by atoms with Crippen molar-refractivity contribution in [1.82, 2.24) is 15.5 Å². The second-order valence-electron chi connectivity index (χ2n) is 7.09. The smallest absolute Gasteiger partial charge is 0.191 e. The lowest BCUT2D eigenvalue weighted by Crippen LogP contribution is -2.45. The molecule has 0 spiro atoms. The van der Waals surface area contributed by atoms with Crippen LogP contribution >= 0.6 is 24.0 Å². The van der Waals surface area contributed by atoms with Crippen LogP contribution < -0.4 is 20.1 Å². The number of ether oxygens (including phenoxy) is 2. The maximum absolute atomic E-state index is 5.36. The van der Waals surface area contributed by atoms with Crippen LogP contribution in [-0.4, -0.2) is 57.8 Å². The Hall–Kier alpha value is -1.22. The molecule has 1 unspecified atom stereocenters. The Balaban J connectivity index is 0.00000364. The van der Waals surface area contributed by atoms with E-state index in [2.05, 4.69) is 34.4 Å². The molecule has 0 aliphatic carbocycles. The number of guanidine groups is 1. The Labute approximate surface area is 181 Å². The molecule has 7 heteroatoms. The van der Waals surface area contributed by atoms with E-state index in [1.807, 2.05) is 25.2 Å². The number of methoxy groups -OCH3 is 2. The zero-order valence-corrected chi connectivity index (χ0v) is 19.6. The zero-order valence-electron chi connectivity index (χ0n) is 17.2. The predicted molar refractivity (Wildman–Crippen MR) is 123 cm³/mol. The van der Waals surface area contributed by atoms with Gasteiger partial charge in [-0.25, -0.2) is 0 Å². The van der Waals surface area contributed by atoms with Crippen molar-refractivity contribution in [2.75, 3.05) is 40.9 Å². The molecule has 1 heterocycles. The van der Waals surface area contributed by atoms with Crippen LogP contribution in [0, 0.1) is 5.92 Å². The van der Waals surface area contributed by atoms with Gasteiger partial charge in [-0.1, -0.05) is 6.07 Å². The van der Waals surface area contributed by atoms with E-state index in [-0.39, 0.29) is 24.0 Å². The maximum Gasteiger partial charge on any atom is 0.191 e. The summed E-state index contributed by atoms with van der Waals surface area (Å²) in [5.74, 6) is 2.99. The van der Waals surface area contributed by atoms with Crippen LogP contribution in [0.5, 0.6) is 11.5 Å². The number of nitrogens with zero attached hydrogens (tertiary/aromatic N) is 2. The van der Waals surface area contributed by atoms with Crippen molar-refractivity contribution >= 4 is 29.9 Å². The summed E-state index contributed by atoms with van der Waals surface area (Å²) in [5, 5.41) is 6.85. The van der Waals surface area contributed by atoms with Gasteiger partial charge in [-0.2, -0.15) is 0 Å². The van der Waals surface area contributed by atoms with Gasteiger partial charge in [0.1, 0.15) is 0 Å². The van der Waals surface area contributed by atoms with Crippen molar-refractivity contribution in [3.05, 3.63) is 23.8 Å². The Morgan fingerprint density at radius 3 is 2.59 bits per heavy atom. The van der Waals surface area contributed by atoms with Crippen LogP contribution in [0.2, 0.25) is 0 Å². The lowest BCUT2D eigenvalue weighted by molar-refractivity contribution is 0.141. The van der Waals surface area contributed by atoms with Gasteiger partial charge in [-0.15, -0.1) is 24.0 Å². The first-order valence-electron chi connectivity index (χ1n) is 9.46. The fraction of sp³-hybridized carbons (Fsp3) is 0.650. The molecule has 0 bridgehead atoms. The summed E-state index contributed by atoms with van der Waals surface area (Å²) in [6, 6.07) is 6.57. The number of likely N-dealkylation sites (tertiary alicyclic amines) is 1. The number of rotatable bonds is 7. The molecular weight excluding hydrogens is 455 g/mol. The third kappa shape index (κ3) is 7.37. The van der Waals surface area contributed by atoms with Crippen LogP contribution in [0.4, 0.5) is 0 Å². The van der Waals surface area contributed by atoms with E-state index in [0.29, 0.717) is 18.5 Å². The predicted octanol–water partition coefficient (Wildman–Crippen LogP) is 3.11. The third-order valence-corrected chi connectivity index (χ3v) is 4.97. The third-order valence-electron chi connectivity index (χ3n) is 4.97. The van der Waals surface area contributed by atoms with Crippen molar-refractivity contribution in [3.63, 3.8) is 0 Å². The second-order valence-corrected chi connectivity index (χ2v) is 7.09. The Morgan fingerprint density at radius 2 is 1.96 bits per heavy atom. The molecule has 0 aromatic heterocycles. The summed E-state index contributed by atoms with van der Waals surface area (Å²) in [6.45, 7) is 8.58. The second kappa shape index (κ2) is 12.3. The van der Waals surface area contributed by atoms with Gasteiger partial charge in [0, 0.05) is 32.7 Å². The lowest BCUT2D eigenvalue weighted by Gasteiger charge is -2.35. The first kappa shape index (κ1) is 23.8. The van der Waals surface area contributed by atoms with Crippen LogP contribution in [0.15, 0.2) is 23.2 Å². The van der Waals surface area contributed by atoms with Crippen LogP contribution in [0.25, 0.3) is 0 Å². The molecule has 2 N–H and O–H groups in total. The van der Waals surface area contributed by atoms with Gasteiger partial charge in [0.05, 0.1) is 14.2 Å². The Morgan fingerprint density at radius 1 is 1.22 bits per heavy atom. The fourth-order valence-corrected chi connectivity index (χ4v) is 3.37. The fourth-order valence-electron chi connectivity index (χ4n) is 3.37. The van der Waals surface area contributed by atoms with Crippen molar-refractivity contribution in [2.24, 2.45) is 10.9 Å². The highest BCUT2D eigenvalue weighted by atomic mass is 127. The minimum Gasteiger partial charge on any atom is -0.493 e. The van der Waals surface area contributed by atoms with Crippen molar-refractivity contribution in [3.8, 4) is 11.5 Å². The number of hydrogen-bond acceptors (Lipinski definition) is 4. The Bertz CT molecular complexity index is 595. The highest BCUT2D eigenvalue weighted by Gasteiger charge is 2.21. The number of piperidine rings is 1. The van der Waals surface area contributed by atoms with E-state index in [0.717, 1.165) is 36.1 Å². The molecule has 27 heavy (non-hydrogen) atoms. The SMILES string of the molecule is CN=C(NCc1ccc(OC)c(OC)c1)NCC1CCCN(C(C)C)C1.I. The summed E-state index contributed by atoms with van der Waals surface area (Å²) in [6.07, 6.45) is 2.56. The minimum absolute atomic E-state index is 0. The van der Waals surface area contributed by atoms with Crippen LogP contribution in [0.3, 0.4) is 0 Å². The average molecular weight is 490 g/mol. The topological polar surface area (TPSA) is 58.1 Å². The van der Waals surface area contributed by atoms with Crippen molar-refractivity contribution < 1.29 is 9.47 Å². The van der Waals surface area contributed by atoms with Crippen molar-refractivity contribution in [2.45, 2.75) is 39.3 Å². The molecule has 1 fully saturated rings.